The molecule has 6 nitrogen and oxygen atoms in total. The number of alkyl carbamates (subject to hydrolysis) is 1. The number of aliphatic hydroxyl groups excluding tert-OH is 2. The summed E-state index contributed by atoms with van der Waals surface area (Å²) in [6.07, 6.45) is -3.30. The number of amides is 1. The Kier molecular flexibility index (Phi) is 6.78. The van der Waals surface area contributed by atoms with Gasteiger partial charge in [0, 0.05) is 17.1 Å². The molecule has 2 unspecified atom stereocenters. The molecule has 0 fully saturated rings. The minimum atomic E-state index is -1.31. The van der Waals surface area contributed by atoms with Gasteiger partial charge in [0.2, 0.25) is 0 Å². The van der Waals surface area contributed by atoms with Crippen molar-refractivity contribution >= 4 is 17.7 Å². The van der Waals surface area contributed by atoms with Crippen LogP contribution in [0.1, 0.15) is 22.8 Å². The second-order valence-electron chi connectivity index (χ2n) is 5.30. The fourth-order valence-corrected chi connectivity index (χ4v) is 2.41. The molecule has 0 aliphatic carbocycles. The first kappa shape index (κ1) is 18.7. The van der Waals surface area contributed by atoms with E-state index in [0.717, 1.165) is 5.56 Å². The normalized spacial score (nSPS) is 12.7. The molecule has 130 valence electrons. The lowest BCUT2D eigenvalue weighted by molar-refractivity contribution is 0.0184. The molecule has 25 heavy (non-hydrogen) atoms. The summed E-state index contributed by atoms with van der Waals surface area (Å²) in [7, 11) is 0. The third-order valence-electron chi connectivity index (χ3n) is 3.48. The molecule has 0 aliphatic heterocycles. The number of ether oxygens (including phenoxy) is 1. The lowest BCUT2D eigenvalue weighted by atomic mass is 10.0. The van der Waals surface area contributed by atoms with Gasteiger partial charge in [-0.1, -0.05) is 48.0 Å². The molecule has 2 aromatic rings. The Morgan fingerprint density at radius 3 is 2.60 bits per heavy atom. The fraction of sp³-hybridized carbons (Fsp3) is 0.222. The van der Waals surface area contributed by atoms with Gasteiger partial charge < -0.3 is 20.3 Å². The smallest absolute Gasteiger partial charge is 0.407 e. The molecule has 0 bridgehead atoms. The van der Waals surface area contributed by atoms with E-state index in [9.17, 15) is 15.0 Å². The molecule has 0 radical (unpaired) electrons. The van der Waals surface area contributed by atoms with E-state index in [1.807, 2.05) is 36.4 Å². The highest BCUT2D eigenvalue weighted by molar-refractivity contribution is 6.31. The number of halogens is 1. The van der Waals surface area contributed by atoms with Crippen molar-refractivity contribution in [1.82, 2.24) is 5.32 Å². The van der Waals surface area contributed by atoms with Gasteiger partial charge in [0.25, 0.3) is 0 Å². The van der Waals surface area contributed by atoms with Crippen LogP contribution in [0.4, 0.5) is 4.79 Å². The van der Waals surface area contributed by atoms with Gasteiger partial charge in [0.1, 0.15) is 18.8 Å². The van der Waals surface area contributed by atoms with Gasteiger partial charge in [-0.15, -0.1) is 0 Å². The summed E-state index contributed by atoms with van der Waals surface area (Å²) >= 11 is 5.99. The van der Waals surface area contributed by atoms with Crippen LogP contribution in [0.3, 0.4) is 0 Å². The third-order valence-corrected chi connectivity index (χ3v) is 3.81. The highest BCUT2D eigenvalue weighted by Gasteiger charge is 2.21. The van der Waals surface area contributed by atoms with Gasteiger partial charge in [0.15, 0.2) is 0 Å². The van der Waals surface area contributed by atoms with Crippen molar-refractivity contribution in [3.8, 4) is 6.07 Å². The largest absolute Gasteiger partial charge is 0.445 e. The highest BCUT2D eigenvalue weighted by Crippen LogP contribution is 2.26. The van der Waals surface area contributed by atoms with Crippen molar-refractivity contribution in [2.24, 2.45) is 0 Å². The van der Waals surface area contributed by atoms with E-state index >= 15 is 0 Å². The SMILES string of the molecule is N#Cc1ccc(C(O)C(O)CNC(=O)OCc2ccccc2)c(Cl)c1. The molecule has 3 N–H and O–H groups in total. The molecule has 1 amide bonds. The Hall–Kier alpha value is -2.59. The van der Waals surface area contributed by atoms with Crippen molar-refractivity contribution in [3.63, 3.8) is 0 Å². The van der Waals surface area contributed by atoms with Gasteiger partial charge >= 0.3 is 6.09 Å². The Labute approximate surface area is 150 Å². The predicted octanol–water partition coefficient (Wildman–Crippen LogP) is 2.53. The van der Waals surface area contributed by atoms with Crippen LogP contribution in [0.25, 0.3) is 0 Å². The number of carbonyl (C=O) groups excluding carboxylic acids is 1. The molecule has 0 aromatic heterocycles. The minimum Gasteiger partial charge on any atom is -0.445 e. The zero-order valence-corrected chi connectivity index (χ0v) is 14.0. The zero-order valence-electron chi connectivity index (χ0n) is 13.2. The molecule has 0 heterocycles. The Morgan fingerprint density at radius 1 is 1.24 bits per heavy atom. The molecule has 2 atom stereocenters. The van der Waals surface area contributed by atoms with E-state index in [1.165, 1.54) is 18.2 Å². The van der Waals surface area contributed by atoms with Crippen molar-refractivity contribution in [2.75, 3.05) is 6.54 Å². The maximum absolute atomic E-state index is 11.6. The van der Waals surface area contributed by atoms with Gasteiger partial charge in [0.05, 0.1) is 11.6 Å². The number of nitriles is 1. The van der Waals surface area contributed by atoms with Crippen LogP contribution in [0.15, 0.2) is 48.5 Å². The average molecular weight is 361 g/mol. The first-order valence-electron chi connectivity index (χ1n) is 7.51. The Bertz CT molecular complexity index is 761. The van der Waals surface area contributed by atoms with Gasteiger partial charge in [-0.2, -0.15) is 5.26 Å². The van der Waals surface area contributed by atoms with E-state index in [2.05, 4.69) is 5.32 Å². The number of hydrogen-bond donors (Lipinski definition) is 3. The fourth-order valence-electron chi connectivity index (χ4n) is 2.12. The van der Waals surface area contributed by atoms with Crippen molar-refractivity contribution in [1.29, 1.82) is 5.26 Å². The van der Waals surface area contributed by atoms with Crippen LogP contribution in [0.5, 0.6) is 0 Å². The van der Waals surface area contributed by atoms with Crippen LogP contribution in [0, 0.1) is 11.3 Å². The molecule has 0 spiro atoms. The summed E-state index contributed by atoms with van der Waals surface area (Å²) in [5.74, 6) is 0. The van der Waals surface area contributed by atoms with E-state index in [-0.39, 0.29) is 23.7 Å². The number of benzene rings is 2. The van der Waals surface area contributed by atoms with Crippen LogP contribution >= 0.6 is 11.6 Å². The number of hydrogen-bond acceptors (Lipinski definition) is 5. The van der Waals surface area contributed by atoms with E-state index < -0.39 is 18.3 Å². The second-order valence-corrected chi connectivity index (χ2v) is 5.71. The van der Waals surface area contributed by atoms with Crippen LogP contribution in [-0.4, -0.2) is 29.0 Å². The Morgan fingerprint density at radius 2 is 1.96 bits per heavy atom. The van der Waals surface area contributed by atoms with Crippen molar-refractivity contribution in [3.05, 3.63) is 70.2 Å². The second kappa shape index (κ2) is 9.04. The topological polar surface area (TPSA) is 103 Å². The maximum Gasteiger partial charge on any atom is 0.407 e. The molecular formula is C18H17ClN2O4. The van der Waals surface area contributed by atoms with Gasteiger partial charge in [-0.3, -0.25) is 0 Å². The summed E-state index contributed by atoms with van der Waals surface area (Å²) in [5, 5.41) is 31.5. The number of nitrogens with one attached hydrogen (secondary N) is 1. The predicted molar refractivity (Wildman–Crippen MR) is 91.8 cm³/mol. The van der Waals surface area contributed by atoms with Gasteiger partial charge in [-0.05, 0) is 17.7 Å². The third kappa shape index (κ3) is 5.47. The maximum atomic E-state index is 11.6. The minimum absolute atomic E-state index is 0.104. The van der Waals surface area contributed by atoms with Crippen LogP contribution in [-0.2, 0) is 11.3 Å². The van der Waals surface area contributed by atoms with Gasteiger partial charge in [-0.25, -0.2) is 4.79 Å². The molecule has 2 aromatic carbocycles. The van der Waals surface area contributed by atoms with Crippen LogP contribution < -0.4 is 5.32 Å². The molecule has 7 heteroatoms. The van der Waals surface area contributed by atoms with E-state index in [1.54, 1.807) is 0 Å². The lowest BCUT2D eigenvalue weighted by Gasteiger charge is -2.19. The lowest BCUT2D eigenvalue weighted by Crippen LogP contribution is -2.35. The molecule has 2 rings (SSSR count). The number of aliphatic hydroxyl groups is 2. The van der Waals surface area contributed by atoms with Crippen LogP contribution in [0.2, 0.25) is 5.02 Å². The summed E-state index contributed by atoms with van der Waals surface area (Å²) in [4.78, 5) is 11.6. The average Bonchev–Trinajstić information content (AvgIpc) is 2.64. The number of rotatable bonds is 6. The molecule has 0 saturated heterocycles. The van der Waals surface area contributed by atoms with E-state index in [0.29, 0.717) is 5.56 Å². The standard InChI is InChI=1S/C18H17ClN2O4/c19-15-8-13(9-20)6-7-14(15)17(23)16(22)10-21-18(24)25-11-12-4-2-1-3-5-12/h1-8,16-17,22-23H,10-11H2,(H,21,24). The Balaban J connectivity index is 1.83. The zero-order chi connectivity index (χ0) is 18.2. The monoisotopic (exact) mass is 360 g/mol. The summed E-state index contributed by atoms with van der Waals surface area (Å²) < 4.78 is 5.01. The summed E-state index contributed by atoms with van der Waals surface area (Å²) in [6.45, 7) is -0.113. The quantitative estimate of drug-likeness (QED) is 0.734. The van der Waals surface area contributed by atoms with Crippen molar-refractivity contribution in [2.45, 2.75) is 18.8 Å². The summed E-state index contributed by atoms with van der Waals surface area (Å²) in [5.41, 5.74) is 1.45. The molecular weight excluding hydrogens is 344 g/mol. The number of carbonyl (C=O) groups is 1. The molecule has 0 saturated carbocycles. The first-order chi connectivity index (χ1) is 12.0. The van der Waals surface area contributed by atoms with E-state index in [4.69, 9.17) is 21.6 Å². The summed E-state index contributed by atoms with van der Waals surface area (Å²) in [6, 6.07) is 15.4. The first-order valence-corrected chi connectivity index (χ1v) is 7.89. The molecule has 0 aliphatic rings. The highest BCUT2D eigenvalue weighted by atomic mass is 35.5. The number of nitrogens with zero attached hydrogens (tertiary/aromatic N) is 1. The van der Waals surface area contributed by atoms with Crippen molar-refractivity contribution < 1.29 is 19.7 Å².